The number of rotatable bonds is 2. The highest BCUT2D eigenvalue weighted by Crippen LogP contribution is 2.37. The van der Waals surface area contributed by atoms with Crippen LogP contribution in [0.25, 0.3) is 11.1 Å². The molecule has 0 amide bonds. The van der Waals surface area contributed by atoms with E-state index in [2.05, 4.69) is 4.98 Å². The molecule has 2 heterocycles. The second-order valence-corrected chi connectivity index (χ2v) is 5.83. The van der Waals surface area contributed by atoms with Crippen LogP contribution in [0.1, 0.15) is 16.8 Å². The summed E-state index contributed by atoms with van der Waals surface area (Å²) < 4.78 is 43.2. The molecule has 1 aromatic heterocycles. The largest absolute Gasteiger partial charge is 0.457 e. The van der Waals surface area contributed by atoms with Gasteiger partial charge in [-0.3, -0.25) is 4.98 Å². The molecule has 0 bridgehead atoms. The molecule has 2 aromatic rings. The molecule has 0 N–H and O–H groups in total. The zero-order chi connectivity index (χ0) is 17.5. The number of cyclic esters (lactones) is 1. The van der Waals surface area contributed by atoms with Crippen LogP contribution in [0.4, 0.5) is 13.2 Å². The summed E-state index contributed by atoms with van der Waals surface area (Å²) in [6.45, 7) is -0.0190. The highest BCUT2D eigenvalue weighted by Gasteiger charge is 2.34. The van der Waals surface area contributed by atoms with Crippen LogP contribution in [0.15, 0.2) is 36.5 Å². The van der Waals surface area contributed by atoms with Crippen LogP contribution in [0.3, 0.4) is 0 Å². The van der Waals surface area contributed by atoms with Crippen molar-refractivity contribution in [2.75, 3.05) is 6.61 Å². The minimum absolute atomic E-state index is 0.0190. The standard InChI is InChI=1S/C16H8Cl2F3NO2/c17-10-3-1-8(2-4-10)11-7-24-15(23)13(11)14-12(18)5-9(6-22-14)16(19,20)21/h1-6H,7H2. The van der Waals surface area contributed by atoms with Gasteiger partial charge in [0.2, 0.25) is 0 Å². The van der Waals surface area contributed by atoms with Crippen molar-refractivity contribution in [1.82, 2.24) is 4.98 Å². The molecule has 0 fully saturated rings. The maximum absolute atomic E-state index is 12.7. The summed E-state index contributed by atoms with van der Waals surface area (Å²) in [6, 6.07) is 7.36. The molecule has 1 aromatic carbocycles. The lowest BCUT2D eigenvalue weighted by molar-refractivity contribution is -0.137. The molecule has 0 saturated carbocycles. The van der Waals surface area contributed by atoms with E-state index in [4.69, 9.17) is 27.9 Å². The summed E-state index contributed by atoms with van der Waals surface area (Å²) in [5.41, 5.74) is 0.160. The second-order valence-electron chi connectivity index (χ2n) is 4.99. The van der Waals surface area contributed by atoms with Gasteiger partial charge >= 0.3 is 12.1 Å². The molecule has 1 aliphatic rings. The SMILES string of the molecule is O=C1OCC(c2ccc(Cl)cc2)=C1c1ncc(C(F)(F)F)cc1Cl. The first-order valence-corrected chi connectivity index (χ1v) is 7.42. The molecule has 0 unspecified atom stereocenters. The number of pyridine rings is 1. The van der Waals surface area contributed by atoms with Crippen LogP contribution in [-0.4, -0.2) is 17.6 Å². The number of alkyl halides is 3. The van der Waals surface area contributed by atoms with Gasteiger partial charge in [-0.15, -0.1) is 0 Å². The summed E-state index contributed by atoms with van der Waals surface area (Å²) in [4.78, 5) is 15.8. The molecule has 0 atom stereocenters. The maximum Gasteiger partial charge on any atom is 0.417 e. The summed E-state index contributed by atoms with van der Waals surface area (Å²) in [6.07, 6.45) is -3.93. The summed E-state index contributed by atoms with van der Waals surface area (Å²) in [7, 11) is 0. The Balaban J connectivity index is 2.13. The fraction of sp³-hybridized carbons (Fsp3) is 0.125. The Hall–Kier alpha value is -2.05. The Bertz CT molecular complexity index is 845. The summed E-state index contributed by atoms with van der Waals surface area (Å²) >= 11 is 11.8. The third kappa shape index (κ3) is 3.12. The lowest BCUT2D eigenvalue weighted by atomic mass is 9.99. The predicted octanol–water partition coefficient (Wildman–Crippen LogP) is 4.87. The smallest absolute Gasteiger partial charge is 0.417 e. The van der Waals surface area contributed by atoms with E-state index in [1.165, 1.54) is 0 Å². The van der Waals surface area contributed by atoms with Gasteiger partial charge < -0.3 is 4.74 Å². The number of halogens is 5. The highest BCUT2D eigenvalue weighted by atomic mass is 35.5. The quantitative estimate of drug-likeness (QED) is 0.704. The van der Waals surface area contributed by atoms with Crippen molar-refractivity contribution in [3.05, 3.63) is 63.4 Å². The van der Waals surface area contributed by atoms with E-state index in [1.54, 1.807) is 24.3 Å². The van der Waals surface area contributed by atoms with Crippen LogP contribution < -0.4 is 0 Å². The minimum atomic E-state index is -4.57. The molecule has 0 saturated heterocycles. The molecule has 124 valence electrons. The number of carbonyl (C=O) groups is 1. The van der Waals surface area contributed by atoms with Gasteiger partial charge in [0, 0.05) is 16.8 Å². The molecule has 3 rings (SSSR count). The number of carbonyl (C=O) groups excluding carboxylic acids is 1. The molecular formula is C16H8Cl2F3NO2. The van der Waals surface area contributed by atoms with E-state index in [9.17, 15) is 18.0 Å². The molecule has 0 aliphatic carbocycles. The van der Waals surface area contributed by atoms with Gasteiger partial charge in [-0.2, -0.15) is 13.2 Å². The van der Waals surface area contributed by atoms with E-state index < -0.39 is 17.7 Å². The van der Waals surface area contributed by atoms with Gasteiger partial charge in [0.15, 0.2) is 0 Å². The third-order valence-corrected chi connectivity index (χ3v) is 3.99. The number of benzene rings is 1. The van der Waals surface area contributed by atoms with Crippen LogP contribution in [0.2, 0.25) is 10.0 Å². The van der Waals surface area contributed by atoms with E-state index >= 15 is 0 Å². The fourth-order valence-electron chi connectivity index (χ4n) is 2.30. The molecule has 3 nitrogen and oxygen atoms in total. The van der Waals surface area contributed by atoms with Crippen molar-refractivity contribution < 1.29 is 22.7 Å². The third-order valence-electron chi connectivity index (χ3n) is 3.45. The van der Waals surface area contributed by atoms with Crippen molar-refractivity contribution in [2.24, 2.45) is 0 Å². The zero-order valence-electron chi connectivity index (χ0n) is 11.8. The van der Waals surface area contributed by atoms with Gasteiger partial charge in [-0.25, -0.2) is 4.79 Å². The van der Waals surface area contributed by atoms with Gasteiger partial charge in [-0.05, 0) is 23.8 Å². The first-order valence-electron chi connectivity index (χ1n) is 6.66. The first kappa shape index (κ1) is 16.8. The van der Waals surface area contributed by atoms with Gasteiger partial charge in [0.25, 0.3) is 0 Å². The topological polar surface area (TPSA) is 39.2 Å². The van der Waals surface area contributed by atoms with Gasteiger partial charge in [0.05, 0.1) is 21.9 Å². The van der Waals surface area contributed by atoms with E-state index in [0.717, 1.165) is 6.07 Å². The Labute approximate surface area is 144 Å². The number of aromatic nitrogens is 1. The summed E-state index contributed by atoms with van der Waals surface area (Å²) in [5, 5.41) is 0.238. The van der Waals surface area contributed by atoms with Crippen LogP contribution >= 0.6 is 23.2 Å². The zero-order valence-corrected chi connectivity index (χ0v) is 13.3. The van der Waals surface area contributed by atoms with Crippen molar-refractivity contribution >= 4 is 40.3 Å². The molecule has 0 spiro atoms. The molecular weight excluding hydrogens is 366 g/mol. The molecule has 24 heavy (non-hydrogen) atoms. The Kier molecular flexibility index (Phi) is 4.27. The molecule has 0 radical (unpaired) electrons. The Morgan fingerprint density at radius 3 is 2.38 bits per heavy atom. The average molecular weight is 374 g/mol. The lowest BCUT2D eigenvalue weighted by Gasteiger charge is -2.10. The Morgan fingerprint density at radius 2 is 1.79 bits per heavy atom. The average Bonchev–Trinajstić information content (AvgIpc) is 2.89. The van der Waals surface area contributed by atoms with Crippen molar-refractivity contribution in [2.45, 2.75) is 6.18 Å². The van der Waals surface area contributed by atoms with Gasteiger partial charge in [0.1, 0.15) is 6.61 Å². The lowest BCUT2D eigenvalue weighted by Crippen LogP contribution is -2.08. The van der Waals surface area contributed by atoms with Crippen LogP contribution in [0, 0.1) is 0 Å². The second kappa shape index (κ2) is 6.11. The number of hydrogen-bond donors (Lipinski definition) is 0. The van der Waals surface area contributed by atoms with Crippen molar-refractivity contribution in [3.8, 4) is 0 Å². The number of esters is 1. The van der Waals surface area contributed by atoms with Gasteiger partial charge in [-0.1, -0.05) is 35.3 Å². The van der Waals surface area contributed by atoms with E-state index in [-0.39, 0.29) is 22.9 Å². The molecule has 8 heteroatoms. The van der Waals surface area contributed by atoms with Crippen LogP contribution in [-0.2, 0) is 15.7 Å². The van der Waals surface area contributed by atoms with Crippen molar-refractivity contribution in [3.63, 3.8) is 0 Å². The van der Waals surface area contributed by atoms with E-state index in [1.807, 2.05) is 0 Å². The number of hydrogen-bond acceptors (Lipinski definition) is 3. The summed E-state index contributed by atoms with van der Waals surface area (Å²) in [5.74, 6) is -0.686. The number of nitrogens with zero attached hydrogens (tertiary/aromatic N) is 1. The van der Waals surface area contributed by atoms with Crippen molar-refractivity contribution in [1.29, 1.82) is 0 Å². The predicted molar refractivity (Wildman–Crippen MR) is 83.5 cm³/mol. The minimum Gasteiger partial charge on any atom is -0.457 e. The Morgan fingerprint density at radius 1 is 1.12 bits per heavy atom. The molecule has 1 aliphatic heterocycles. The monoisotopic (exact) mass is 373 g/mol. The fourth-order valence-corrected chi connectivity index (χ4v) is 2.69. The van der Waals surface area contributed by atoms with Crippen LogP contribution in [0.5, 0.6) is 0 Å². The van der Waals surface area contributed by atoms with E-state index in [0.29, 0.717) is 22.4 Å². The first-order chi connectivity index (χ1) is 11.3. The normalized spacial score (nSPS) is 15.0. The highest BCUT2D eigenvalue weighted by molar-refractivity contribution is 6.36. The maximum atomic E-state index is 12.7. The number of ether oxygens (including phenoxy) is 1.